The van der Waals surface area contributed by atoms with Crippen molar-refractivity contribution in [2.24, 2.45) is 0 Å². The fourth-order valence-corrected chi connectivity index (χ4v) is 3.93. The zero-order valence-corrected chi connectivity index (χ0v) is 17.4. The highest BCUT2D eigenvalue weighted by atomic mass is 35.5. The van der Waals surface area contributed by atoms with Crippen molar-refractivity contribution in [3.8, 4) is 11.1 Å². The number of nitrogens with zero attached hydrogens (tertiary/aromatic N) is 5. The molecule has 0 fully saturated rings. The van der Waals surface area contributed by atoms with Crippen LogP contribution >= 0.6 is 11.6 Å². The van der Waals surface area contributed by atoms with Crippen LogP contribution in [0.4, 0.5) is 24.7 Å². The minimum Gasteiger partial charge on any atom is -0.326 e. The van der Waals surface area contributed by atoms with Gasteiger partial charge in [0.05, 0.1) is 11.2 Å². The molecule has 9 heteroatoms. The van der Waals surface area contributed by atoms with E-state index in [-0.39, 0.29) is 22.3 Å². The first kappa shape index (κ1) is 20.3. The number of hydrogen-bond donors (Lipinski definition) is 0. The van der Waals surface area contributed by atoms with Gasteiger partial charge in [0.15, 0.2) is 5.82 Å². The third kappa shape index (κ3) is 3.23. The molecule has 0 saturated heterocycles. The van der Waals surface area contributed by atoms with Crippen LogP contribution in [0.1, 0.15) is 12.0 Å². The lowest BCUT2D eigenvalue weighted by molar-refractivity contribution is 0.151. The predicted octanol–water partition coefficient (Wildman–Crippen LogP) is 6.44. The maximum atomic E-state index is 15.6. The van der Waals surface area contributed by atoms with E-state index in [1.54, 1.807) is 34.5 Å². The largest absolute Gasteiger partial charge is 0.326 e. The second-order valence-corrected chi connectivity index (χ2v) is 7.52. The Labute approximate surface area is 185 Å². The summed E-state index contributed by atoms with van der Waals surface area (Å²) in [4.78, 5) is 6.18. The van der Waals surface area contributed by atoms with Crippen molar-refractivity contribution in [1.29, 1.82) is 0 Å². The van der Waals surface area contributed by atoms with Crippen molar-refractivity contribution >= 4 is 39.8 Å². The van der Waals surface area contributed by atoms with Crippen LogP contribution in [0.15, 0.2) is 66.7 Å². The minimum absolute atomic E-state index is 0.113. The minimum atomic E-state index is -2.58. The van der Waals surface area contributed by atoms with Crippen LogP contribution in [0.5, 0.6) is 0 Å². The number of anilines is 2. The van der Waals surface area contributed by atoms with E-state index in [1.807, 2.05) is 24.3 Å². The Balaban J connectivity index is 1.64. The Hall–Kier alpha value is -3.65. The van der Waals surface area contributed by atoms with Gasteiger partial charge in [-0.1, -0.05) is 48.5 Å². The standard InChI is InChI=1S/C23H15ClF3N5/c1-31(21-16-5-2-3-7-17(16)32-22(24)29-30-23(32)28-21)18-8-4-6-15(19(18)25)13-9-11-14(12-10-13)20(26)27/h2-12,20H,1H3. The first-order chi connectivity index (χ1) is 15.5. The molecule has 0 atom stereocenters. The molecule has 0 saturated carbocycles. The molecule has 0 aliphatic rings. The summed E-state index contributed by atoms with van der Waals surface area (Å²) in [5.41, 5.74) is 1.69. The molecule has 0 aliphatic carbocycles. The number of fused-ring (bicyclic) bond motifs is 3. The number of rotatable bonds is 4. The third-order valence-corrected chi connectivity index (χ3v) is 5.57. The van der Waals surface area contributed by atoms with Crippen molar-refractivity contribution < 1.29 is 13.2 Å². The molecule has 0 N–H and O–H groups in total. The fourth-order valence-electron chi connectivity index (χ4n) is 3.73. The molecule has 5 aromatic rings. The van der Waals surface area contributed by atoms with Crippen LogP contribution in [0, 0.1) is 5.82 Å². The summed E-state index contributed by atoms with van der Waals surface area (Å²) in [6, 6.07) is 17.9. The van der Waals surface area contributed by atoms with Gasteiger partial charge < -0.3 is 4.90 Å². The zero-order chi connectivity index (χ0) is 22.4. The van der Waals surface area contributed by atoms with Gasteiger partial charge in [0.1, 0.15) is 5.82 Å². The number of aromatic nitrogens is 4. The van der Waals surface area contributed by atoms with Gasteiger partial charge in [0.2, 0.25) is 5.28 Å². The van der Waals surface area contributed by atoms with Crippen LogP contribution in [-0.4, -0.2) is 26.6 Å². The van der Waals surface area contributed by atoms with Crippen molar-refractivity contribution in [2.75, 3.05) is 11.9 Å². The van der Waals surface area contributed by atoms with Crippen molar-refractivity contribution in [3.05, 3.63) is 83.4 Å². The molecule has 160 valence electrons. The Morgan fingerprint density at radius 2 is 1.69 bits per heavy atom. The molecule has 5 rings (SSSR count). The van der Waals surface area contributed by atoms with E-state index in [1.165, 1.54) is 24.3 Å². The molecule has 0 aliphatic heterocycles. The van der Waals surface area contributed by atoms with Crippen LogP contribution in [0.2, 0.25) is 5.28 Å². The van der Waals surface area contributed by atoms with E-state index >= 15 is 4.39 Å². The highest BCUT2D eigenvalue weighted by Crippen LogP contribution is 2.36. The van der Waals surface area contributed by atoms with Gasteiger partial charge in [-0.25, -0.2) is 17.6 Å². The van der Waals surface area contributed by atoms with E-state index in [4.69, 9.17) is 11.6 Å². The topological polar surface area (TPSA) is 46.3 Å². The number of halogens is 4. The smallest absolute Gasteiger partial charge is 0.263 e. The molecule has 0 amide bonds. The van der Waals surface area contributed by atoms with Gasteiger partial charge in [0.25, 0.3) is 12.2 Å². The average Bonchev–Trinajstić information content (AvgIpc) is 3.19. The third-order valence-electron chi connectivity index (χ3n) is 5.33. The van der Waals surface area contributed by atoms with Crippen LogP contribution in [0.3, 0.4) is 0 Å². The van der Waals surface area contributed by atoms with E-state index < -0.39 is 12.2 Å². The summed E-state index contributed by atoms with van der Waals surface area (Å²) in [7, 11) is 1.70. The molecule has 3 aromatic carbocycles. The Kier molecular flexibility index (Phi) is 4.94. The van der Waals surface area contributed by atoms with Crippen molar-refractivity contribution in [1.82, 2.24) is 19.6 Å². The van der Waals surface area contributed by atoms with Gasteiger partial charge in [0, 0.05) is 23.6 Å². The molecule has 0 unspecified atom stereocenters. The van der Waals surface area contributed by atoms with Gasteiger partial charge in [-0.05, 0) is 35.4 Å². The summed E-state index contributed by atoms with van der Waals surface area (Å²) in [6.07, 6.45) is -2.58. The first-order valence-corrected chi connectivity index (χ1v) is 10.0. The fraction of sp³-hybridized carbons (Fsp3) is 0.0870. The van der Waals surface area contributed by atoms with Crippen molar-refractivity contribution in [3.63, 3.8) is 0 Å². The number of hydrogen-bond acceptors (Lipinski definition) is 4. The maximum absolute atomic E-state index is 15.6. The molecule has 32 heavy (non-hydrogen) atoms. The Morgan fingerprint density at radius 3 is 2.44 bits per heavy atom. The summed E-state index contributed by atoms with van der Waals surface area (Å²) >= 11 is 6.17. The predicted molar refractivity (Wildman–Crippen MR) is 118 cm³/mol. The molecule has 2 heterocycles. The molecule has 5 nitrogen and oxygen atoms in total. The van der Waals surface area contributed by atoms with E-state index in [0.717, 1.165) is 10.9 Å². The molecule has 2 aromatic heterocycles. The van der Waals surface area contributed by atoms with Crippen LogP contribution in [0.25, 0.3) is 27.8 Å². The van der Waals surface area contributed by atoms with Gasteiger partial charge >= 0.3 is 0 Å². The second kappa shape index (κ2) is 7.80. The van der Waals surface area contributed by atoms with Gasteiger partial charge in [-0.3, -0.25) is 0 Å². The molecule has 0 spiro atoms. The Morgan fingerprint density at radius 1 is 0.938 bits per heavy atom. The number of para-hydroxylation sites is 1. The van der Waals surface area contributed by atoms with Gasteiger partial charge in [-0.2, -0.15) is 4.98 Å². The quantitative estimate of drug-likeness (QED) is 0.314. The summed E-state index contributed by atoms with van der Waals surface area (Å²) in [6.45, 7) is 0. The summed E-state index contributed by atoms with van der Waals surface area (Å²) < 4.78 is 43.0. The number of alkyl halides is 2. The lowest BCUT2D eigenvalue weighted by Crippen LogP contribution is -2.15. The Bertz CT molecular complexity index is 1450. The van der Waals surface area contributed by atoms with Crippen LogP contribution in [-0.2, 0) is 0 Å². The molecular weight excluding hydrogens is 439 g/mol. The normalized spacial score (nSPS) is 11.6. The average molecular weight is 454 g/mol. The molecule has 0 radical (unpaired) electrons. The lowest BCUT2D eigenvalue weighted by atomic mass is 10.0. The van der Waals surface area contributed by atoms with E-state index in [2.05, 4.69) is 15.2 Å². The monoisotopic (exact) mass is 453 g/mol. The SMILES string of the molecule is CN(c1cccc(-c2ccc(C(F)F)cc2)c1F)c1nc2nnc(Cl)n2c2ccccc12. The first-order valence-electron chi connectivity index (χ1n) is 9.66. The number of benzene rings is 3. The van der Waals surface area contributed by atoms with Gasteiger partial charge in [-0.15, -0.1) is 10.2 Å². The maximum Gasteiger partial charge on any atom is 0.263 e. The van der Waals surface area contributed by atoms with E-state index in [0.29, 0.717) is 16.9 Å². The molecule has 0 bridgehead atoms. The second-order valence-electron chi connectivity index (χ2n) is 7.18. The zero-order valence-electron chi connectivity index (χ0n) is 16.7. The summed E-state index contributed by atoms with van der Waals surface area (Å²) in [5.74, 6) is 0.265. The van der Waals surface area contributed by atoms with Crippen molar-refractivity contribution in [2.45, 2.75) is 6.43 Å². The highest BCUT2D eigenvalue weighted by molar-refractivity contribution is 6.29. The lowest BCUT2D eigenvalue weighted by Gasteiger charge is -2.22. The molecular formula is C23H15ClF3N5. The van der Waals surface area contributed by atoms with Crippen LogP contribution < -0.4 is 4.90 Å². The highest BCUT2D eigenvalue weighted by Gasteiger charge is 2.20. The van der Waals surface area contributed by atoms with E-state index in [9.17, 15) is 8.78 Å². The summed E-state index contributed by atoms with van der Waals surface area (Å²) in [5, 5.41) is 8.79.